The third-order valence-electron chi connectivity index (χ3n) is 3.71. The predicted molar refractivity (Wildman–Crippen MR) is 89.4 cm³/mol. The minimum Gasteiger partial charge on any atom is -0.340 e. The molecule has 112 valence electrons. The van der Waals surface area contributed by atoms with Crippen LogP contribution in [0.25, 0.3) is 11.3 Å². The zero-order valence-electron chi connectivity index (χ0n) is 11.4. The van der Waals surface area contributed by atoms with E-state index in [-0.39, 0.29) is 0 Å². The van der Waals surface area contributed by atoms with Gasteiger partial charge >= 0.3 is 0 Å². The van der Waals surface area contributed by atoms with Crippen molar-refractivity contribution in [3.63, 3.8) is 0 Å². The summed E-state index contributed by atoms with van der Waals surface area (Å²) in [6, 6.07) is 3.71. The lowest BCUT2D eigenvalue weighted by molar-refractivity contribution is 0.419. The van der Waals surface area contributed by atoms with E-state index in [0.29, 0.717) is 21.1 Å². The molecule has 0 saturated carbocycles. The Morgan fingerprint density at radius 2 is 2.29 bits per heavy atom. The Bertz CT molecular complexity index is 631. The maximum absolute atomic E-state index is 6.21. The predicted octanol–water partition coefficient (Wildman–Crippen LogP) is 3.69. The third-order valence-corrected chi connectivity index (χ3v) is 5.20. The molecule has 0 radical (unpaired) electrons. The number of aromatic nitrogens is 2. The summed E-state index contributed by atoms with van der Waals surface area (Å²) in [7, 11) is 0. The maximum Gasteiger partial charge on any atom is 0.225 e. The summed E-state index contributed by atoms with van der Waals surface area (Å²) in [5, 5.41) is 0. The molecule has 0 aromatic carbocycles. The van der Waals surface area contributed by atoms with Crippen molar-refractivity contribution in [2.45, 2.75) is 12.8 Å². The zero-order chi connectivity index (χ0) is 14.8. The summed E-state index contributed by atoms with van der Waals surface area (Å²) in [5.74, 6) is 1.26. The van der Waals surface area contributed by atoms with Crippen LogP contribution in [-0.4, -0.2) is 29.6 Å². The number of hydrogen-bond acceptors (Lipinski definition) is 5. The van der Waals surface area contributed by atoms with E-state index in [9.17, 15) is 0 Å². The van der Waals surface area contributed by atoms with Crippen molar-refractivity contribution in [2.24, 2.45) is 11.7 Å². The van der Waals surface area contributed by atoms with Gasteiger partial charge in [-0.15, -0.1) is 11.3 Å². The van der Waals surface area contributed by atoms with Gasteiger partial charge in [-0.3, -0.25) is 0 Å². The summed E-state index contributed by atoms with van der Waals surface area (Å²) in [4.78, 5) is 11.2. The van der Waals surface area contributed by atoms with Gasteiger partial charge in [0.2, 0.25) is 5.95 Å². The summed E-state index contributed by atoms with van der Waals surface area (Å²) in [6.45, 7) is 2.60. The number of halogens is 2. The SMILES string of the molecule is NCC1CCCN(c2nccc(-c3cc(Cl)sc3Cl)n2)C1. The molecule has 1 saturated heterocycles. The molecule has 0 bridgehead atoms. The van der Waals surface area contributed by atoms with Gasteiger partial charge in [-0.1, -0.05) is 23.2 Å². The quantitative estimate of drug-likeness (QED) is 0.924. The van der Waals surface area contributed by atoms with E-state index in [1.165, 1.54) is 17.8 Å². The molecule has 1 aliphatic heterocycles. The topological polar surface area (TPSA) is 55.0 Å². The van der Waals surface area contributed by atoms with Gasteiger partial charge in [-0.05, 0) is 37.4 Å². The fourth-order valence-corrected chi connectivity index (χ4v) is 4.09. The Morgan fingerprint density at radius 3 is 3.00 bits per heavy atom. The smallest absolute Gasteiger partial charge is 0.225 e. The highest BCUT2D eigenvalue weighted by Crippen LogP contribution is 2.37. The third kappa shape index (κ3) is 3.31. The lowest BCUT2D eigenvalue weighted by Gasteiger charge is -2.32. The van der Waals surface area contributed by atoms with Crippen LogP contribution in [0.5, 0.6) is 0 Å². The fraction of sp³-hybridized carbons (Fsp3) is 0.429. The van der Waals surface area contributed by atoms with Crippen molar-refractivity contribution in [3.8, 4) is 11.3 Å². The zero-order valence-corrected chi connectivity index (χ0v) is 13.8. The van der Waals surface area contributed by atoms with E-state index >= 15 is 0 Å². The highest BCUT2D eigenvalue weighted by atomic mass is 35.5. The maximum atomic E-state index is 6.21. The first-order chi connectivity index (χ1) is 10.2. The van der Waals surface area contributed by atoms with Crippen LogP contribution in [0.3, 0.4) is 0 Å². The molecule has 1 fully saturated rings. The van der Waals surface area contributed by atoms with E-state index in [4.69, 9.17) is 28.9 Å². The summed E-state index contributed by atoms with van der Waals surface area (Å²) < 4.78 is 1.32. The Morgan fingerprint density at radius 1 is 1.43 bits per heavy atom. The van der Waals surface area contributed by atoms with Crippen LogP contribution in [0, 0.1) is 5.92 Å². The van der Waals surface area contributed by atoms with E-state index in [1.54, 1.807) is 6.20 Å². The molecule has 3 rings (SSSR count). The molecular formula is C14H16Cl2N4S. The van der Waals surface area contributed by atoms with Gasteiger partial charge in [-0.2, -0.15) is 0 Å². The van der Waals surface area contributed by atoms with Crippen molar-refractivity contribution in [2.75, 3.05) is 24.5 Å². The second kappa shape index (κ2) is 6.48. The molecule has 1 atom stereocenters. The van der Waals surface area contributed by atoms with Crippen molar-refractivity contribution in [3.05, 3.63) is 27.0 Å². The van der Waals surface area contributed by atoms with Gasteiger partial charge in [0, 0.05) is 24.8 Å². The Balaban J connectivity index is 1.88. The van der Waals surface area contributed by atoms with Crippen LogP contribution in [-0.2, 0) is 0 Å². The van der Waals surface area contributed by atoms with Crippen molar-refractivity contribution in [1.82, 2.24) is 9.97 Å². The minimum absolute atomic E-state index is 0.519. The number of hydrogen-bond donors (Lipinski definition) is 1. The van der Waals surface area contributed by atoms with Crippen molar-refractivity contribution in [1.29, 1.82) is 0 Å². The average molecular weight is 343 g/mol. The number of anilines is 1. The number of nitrogens with zero attached hydrogens (tertiary/aromatic N) is 3. The van der Waals surface area contributed by atoms with E-state index in [0.717, 1.165) is 36.7 Å². The molecular weight excluding hydrogens is 327 g/mol. The second-order valence-electron chi connectivity index (χ2n) is 5.17. The van der Waals surface area contributed by atoms with E-state index < -0.39 is 0 Å². The molecule has 1 aliphatic rings. The molecule has 2 aromatic rings. The summed E-state index contributed by atoms with van der Waals surface area (Å²) >= 11 is 13.6. The molecule has 0 amide bonds. The number of rotatable bonds is 3. The molecule has 2 N–H and O–H groups in total. The normalized spacial score (nSPS) is 19.0. The molecule has 2 aromatic heterocycles. The molecule has 0 spiro atoms. The number of thiophene rings is 1. The number of piperidine rings is 1. The first kappa shape index (κ1) is 15.0. The Kier molecular flexibility index (Phi) is 4.64. The van der Waals surface area contributed by atoms with Crippen molar-refractivity contribution >= 4 is 40.5 Å². The van der Waals surface area contributed by atoms with Crippen molar-refractivity contribution < 1.29 is 0 Å². The summed E-state index contributed by atoms with van der Waals surface area (Å²) in [6.07, 6.45) is 4.07. The lowest BCUT2D eigenvalue weighted by Crippen LogP contribution is -2.39. The van der Waals surface area contributed by atoms with Gasteiger partial charge in [0.05, 0.1) is 10.0 Å². The van der Waals surface area contributed by atoms with Gasteiger partial charge in [0.1, 0.15) is 4.34 Å². The first-order valence-corrected chi connectivity index (χ1v) is 8.48. The number of nitrogens with two attached hydrogens (primary N) is 1. The molecule has 1 unspecified atom stereocenters. The highest BCUT2D eigenvalue weighted by Gasteiger charge is 2.21. The fourth-order valence-electron chi connectivity index (χ4n) is 2.60. The van der Waals surface area contributed by atoms with Gasteiger partial charge < -0.3 is 10.6 Å². The lowest BCUT2D eigenvalue weighted by atomic mass is 9.99. The van der Waals surface area contributed by atoms with Crippen LogP contribution in [0.4, 0.5) is 5.95 Å². The standard InChI is InChI=1S/C14H16Cl2N4S/c15-12-6-10(13(16)21-12)11-3-4-18-14(19-11)20-5-1-2-9(7-17)8-20/h3-4,6,9H,1-2,5,7-8,17H2. The van der Waals surface area contributed by atoms with Crippen LogP contribution in [0.2, 0.25) is 8.67 Å². The van der Waals surface area contributed by atoms with Crippen LogP contribution in [0.15, 0.2) is 18.3 Å². The van der Waals surface area contributed by atoms with Gasteiger partial charge in [-0.25, -0.2) is 9.97 Å². The van der Waals surface area contributed by atoms with E-state index in [2.05, 4.69) is 14.9 Å². The first-order valence-electron chi connectivity index (χ1n) is 6.90. The van der Waals surface area contributed by atoms with Gasteiger partial charge in [0.25, 0.3) is 0 Å². The molecule has 3 heterocycles. The molecule has 0 aliphatic carbocycles. The monoisotopic (exact) mass is 342 g/mol. The van der Waals surface area contributed by atoms with Crippen LogP contribution >= 0.6 is 34.5 Å². The molecule has 21 heavy (non-hydrogen) atoms. The van der Waals surface area contributed by atoms with Crippen LogP contribution < -0.4 is 10.6 Å². The average Bonchev–Trinajstić information content (AvgIpc) is 2.86. The minimum atomic E-state index is 0.519. The molecule has 4 nitrogen and oxygen atoms in total. The summed E-state index contributed by atoms with van der Waals surface area (Å²) in [5.41, 5.74) is 7.46. The largest absolute Gasteiger partial charge is 0.340 e. The van der Waals surface area contributed by atoms with E-state index in [1.807, 2.05) is 12.1 Å². The Labute approximate surface area is 137 Å². The highest BCUT2D eigenvalue weighted by molar-refractivity contribution is 7.20. The second-order valence-corrected chi connectivity index (χ2v) is 7.46. The van der Waals surface area contributed by atoms with Gasteiger partial charge in [0.15, 0.2) is 0 Å². The Hall–Kier alpha value is -0.880. The van der Waals surface area contributed by atoms with Crippen LogP contribution in [0.1, 0.15) is 12.8 Å². The molecule has 7 heteroatoms.